The zero-order valence-corrected chi connectivity index (χ0v) is 23.8. The molecule has 40 heavy (non-hydrogen) atoms. The maximum absolute atomic E-state index is 14.1. The van der Waals surface area contributed by atoms with E-state index < -0.39 is 23.3 Å². The van der Waals surface area contributed by atoms with Gasteiger partial charge < -0.3 is 4.74 Å². The molecule has 212 valence electrons. The Morgan fingerprint density at radius 2 is 1.05 bits per heavy atom. The first-order valence-corrected chi connectivity index (χ1v) is 14.0. The number of aryl methyl sites for hydroxylation is 3. The van der Waals surface area contributed by atoms with Crippen LogP contribution in [-0.4, -0.2) is 6.61 Å². The summed E-state index contributed by atoms with van der Waals surface area (Å²) in [5.74, 6) is -3.35. The molecule has 1 nitrogen and oxygen atoms in total. The van der Waals surface area contributed by atoms with Crippen LogP contribution in [0.3, 0.4) is 0 Å². The van der Waals surface area contributed by atoms with Gasteiger partial charge in [-0.2, -0.15) is 4.39 Å². The molecule has 4 aromatic carbocycles. The molecule has 0 bridgehead atoms. The molecule has 0 radical (unpaired) electrons. The number of ether oxygens (including phenoxy) is 1. The van der Waals surface area contributed by atoms with Gasteiger partial charge in [-0.3, -0.25) is 0 Å². The van der Waals surface area contributed by atoms with Crippen molar-refractivity contribution in [2.75, 3.05) is 6.61 Å². The molecule has 4 aromatic rings. The van der Waals surface area contributed by atoms with Crippen LogP contribution in [0.4, 0.5) is 17.6 Å². The topological polar surface area (TPSA) is 9.23 Å². The van der Waals surface area contributed by atoms with E-state index in [1.165, 1.54) is 36.5 Å². The minimum absolute atomic E-state index is 0.0450. The summed E-state index contributed by atoms with van der Waals surface area (Å²) in [6.45, 7) is 7.89. The summed E-state index contributed by atoms with van der Waals surface area (Å²) in [5, 5.41) is 0. The van der Waals surface area contributed by atoms with Gasteiger partial charge >= 0.3 is 0 Å². The second-order valence-corrected chi connectivity index (χ2v) is 9.83. The third-order valence-corrected chi connectivity index (χ3v) is 6.76. The average molecular weight is 551 g/mol. The fourth-order valence-electron chi connectivity index (χ4n) is 4.46. The summed E-state index contributed by atoms with van der Waals surface area (Å²) < 4.78 is 60.5. The van der Waals surface area contributed by atoms with Gasteiger partial charge in [0.15, 0.2) is 23.2 Å². The Bertz CT molecular complexity index is 1360. The van der Waals surface area contributed by atoms with Gasteiger partial charge in [-0.15, -0.1) is 0 Å². The van der Waals surface area contributed by atoms with Gasteiger partial charge in [0, 0.05) is 11.1 Å². The van der Waals surface area contributed by atoms with E-state index in [0.29, 0.717) is 23.3 Å². The van der Waals surface area contributed by atoms with Gasteiger partial charge in [0.2, 0.25) is 5.82 Å². The van der Waals surface area contributed by atoms with Crippen LogP contribution in [0, 0.1) is 30.2 Å². The number of hydrogen-bond acceptors (Lipinski definition) is 1. The van der Waals surface area contributed by atoms with Crippen LogP contribution < -0.4 is 4.74 Å². The summed E-state index contributed by atoms with van der Waals surface area (Å²) >= 11 is 0. The number of halogens is 4. The highest BCUT2D eigenvalue weighted by Gasteiger charge is 2.15. The van der Waals surface area contributed by atoms with Crippen molar-refractivity contribution >= 4 is 0 Å². The minimum atomic E-state index is -0.929. The fraction of sp³-hybridized carbons (Fsp3) is 0.314. The van der Waals surface area contributed by atoms with E-state index >= 15 is 0 Å². The molecule has 0 aliphatic carbocycles. The average Bonchev–Trinajstić information content (AvgIpc) is 2.96. The summed E-state index contributed by atoms with van der Waals surface area (Å²) in [7, 11) is 0. The Kier molecular flexibility index (Phi) is 11.8. The van der Waals surface area contributed by atoms with Crippen molar-refractivity contribution < 1.29 is 22.3 Å². The number of rotatable bonds is 10. The predicted molar refractivity (Wildman–Crippen MR) is 157 cm³/mol. The van der Waals surface area contributed by atoms with Crippen LogP contribution in [0.2, 0.25) is 0 Å². The van der Waals surface area contributed by atoms with Crippen LogP contribution in [0.15, 0.2) is 72.8 Å². The molecule has 0 spiro atoms. The van der Waals surface area contributed by atoms with Crippen molar-refractivity contribution in [1.29, 1.82) is 0 Å². The van der Waals surface area contributed by atoms with Crippen molar-refractivity contribution in [2.24, 2.45) is 0 Å². The summed E-state index contributed by atoms with van der Waals surface area (Å²) in [5.41, 5.74) is 4.76. The molecule has 0 aliphatic rings. The van der Waals surface area contributed by atoms with Crippen molar-refractivity contribution in [3.8, 4) is 28.0 Å². The highest BCUT2D eigenvalue weighted by molar-refractivity contribution is 5.66. The molecule has 0 saturated carbocycles. The molecule has 5 heteroatoms. The smallest absolute Gasteiger partial charge is 0.201 e. The first kappa shape index (κ1) is 30.9. The molecule has 0 saturated heterocycles. The SMILES string of the molecule is CCCCCc1ccc(-c2ccc(C)c(F)c2F)cc1.CCCc1ccc(-c2ccc(OCC)c(F)c2F)cc1. The van der Waals surface area contributed by atoms with Gasteiger partial charge in [0.1, 0.15) is 0 Å². The largest absolute Gasteiger partial charge is 0.491 e. The lowest BCUT2D eigenvalue weighted by Crippen LogP contribution is -1.98. The van der Waals surface area contributed by atoms with Crippen LogP contribution >= 0.6 is 0 Å². The first-order chi connectivity index (χ1) is 19.3. The van der Waals surface area contributed by atoms with Crippen molar-refractivity contribution in [3.63, 3.8) is 0 Å². The Hall–Kier alpha value is -3.60. The summed E-state index contributed by atoms with van der Waals surface area (Å²) in [6, 6.07) is 21.6. The normalized spacial score (nSPS) is 10.7. The number of benzene rings is 4. The van der Waals surface area contributed by atoms with Crippen LogP contribution in [0.5, 0.6) is 5.75 Å². The quantitative estimate of drug-likeness (QED) is 0.141. The third kappa shape index (κ3) is 7.97. The second-order valence-electron chi connectivity index (χ2n) is 9.83. The maximum atomic E-state index is 14.1. The zero-order chi connectivity index (χ0) is 29.1. The van der Waals surface area contributed by atoms with Gasteiger partial charge in [-0.05, 0) is 73.1 Å². The van der Waals surface area contributed by atoms with Crippen LogP contribution in [0.25, 0.3) is 22.3 Å². The molecule has 0 N–H and O–H groups in total. The molecule has 0 heterocycles. The van der Waals surface area contributed by atoms with E-state index in [-0.39, 0.29) is 11.3 Å². The van der Waals surface area contributed by atoms with E-state index in [0.717, 1.165) is 24.8 Å². The third-order valence-electron chi connectivity index (χ3n) is 6.76. The Labute approximate surface area is 235 Å². The van der Waals surface area contributed by atoms with E-state index in [2.05, 4.69) is 13.8 Å². The highest BCUT2D eigenvalue weighted by atomic mass is 19.2. The second kappa shape index (κ2) is 15.3. The zero-order valence-electron chi connectivity index (χ0n) is 23.8. The Morgan fingerprint density at radius 1 is 0.525 bits per heavy atom. The van der Waals surface area contributed by atoms with Crippen LogP contribution in [0.1, 0.15) is 63.1 Å². The molecular formula is C35H38F4O. The van der Waals surface area contributed by atoms with Crippen LogP contribution in [-0.2, 0) is 12.8 Å². The molecule has 0 amide bonds. The fourth-order valence-corrected chi connectivity index (χ4v) is 4.46. The minimum Gasteiger partial charge on any atom is -0.491 e. The monoisotopic (exact) mass is 550 g/mol. The molecule has 0 aromatic heterocycles. The summed E-state index contributed by atoms with van der Waals surface area (Å²) in [6.07, 6.45) is 6.68. The maximum Gasteiger partial charge on any atom is 0.201 e. The molecule has 4 rings (SSSR count). The molecular weight excluding hydrogens is 512 g/mol. The Balaban J connectivity index is 0.000000220. The number of unbranched alkanes of at least 4 members (excludes halogenated alkanes) is 2. The van der Waals surface area contributed by atoms with Gasteiger partial charge in [-0.25, -0.2) is 13.2 Å². The molecule has 0 fully saturated rings. The van der Waals surface area contributed by atoms with E-state index in [9.17, 15) is 17.6 Å². The van der Waals surface area contributed by atoms with Gasteiger partial charge in [0.25, 0.3) is 0 Å². The van der Waals surface area contributed by atoms with Gasteiger partial charge in [0.05, 0.1) is 6.61 Å². The van der Waals surface area contributed by atoms with Crippen molar-refractivity contribution in [1.82, 2.24) is 0 Å². The molecule has 0 atom stereocenters. The standard InChI is InChI=1S/C18H20F2.C17H18F2O/c1-3-4-5-6-14-8-10-15(11-9-14)16-12-7-13(2)17(19)18(16)20;1-3-5-12-6-8-13(9-7-12)14-10-11-15(20-4-2)17(19)16(14)18/h7-12H,3-6H2,1-2H3;6-11H,3-5H2,1-2H3. The van der Waals surface area contributed by atoms with E-state index in [1.807, 2.05) is 48.5 Å². The Morgan fingerprint density at radius 3 is 1.57 bits per heavy atom. The van der Waals surface area contributed by atoms with E-state index in [4.69, 9.17) is 4.74 Å². The van der Waals surface area contributed by atoms with Gasteiger partial charge in [-0.1, -0.05) is 93.8 Å². The van der Waals surface area contributed by atoms with Crippen molar-refractivity contribution in [3.05, 3.63) is 113 Å². The first-order valence-electron chi connectivity index (χ1n) is 14.0. The highest BCUT2D eigenvalue weighted by Crippen LogP contribution is 2.30. The molecule has 0 aliphatic heterocycles. The lowest BCUT2D eigenvalue weighted by Gasteiger charge is -2.09. The number of hydrogen-bond donors (Lipinski definition) is 0. The lowest BCUT2D eigenvalue weighted by molar-refractivity contribution is 0.314. The van der Waals surface area contributed by atoms with Crippen molar-refractivity contribution in [2.45, 2.75) is 66.2 Å². The lowest BCUT2D eigenvalue weighted by atomic mass is 10.00. The predicted octanol–water partition coefficient (Wildman–Crippen LogP) is 10.7. The van der Waals surface area contributed by atoms with E-state index in [1.54, 1.807) is 32.0 Å². The molecule has 0 unspecified atom stereocenters. The summed E-state index contributed by atoms with van der Waals surface area (Å²) in [4.78, 5) is 0.